The van der Waals surface area contributed by atoms with Gasteiger partial charge < -0.3 is 5.73 Å². The molecule has 60 valence electrons. The summed E-state index contributed by atoms with van der Waals surface area (Å²) in [6.45, 7) is 4.36. The molecule has 0 spiro atoms. The Balaban J connectivity index is 2.37. The number of thiophene rings is 1. The second kappa shape index (κ2) is 2.08. The normalized spacial score (nSPS) is 35.7. The minimum absolute atomic E-state index is 0.0318. The molecule has 1 nitrogen and oxygen atoms in total. The zero-order chi connectivity index (χ0) is 8.06. The van der Waals surface area contributed by atoms with E-state index in [1.807, 2.05) is 0 Å². The molecule has 0 saturated heterocycles. The van der Waals surface area contributed by atoms with Gasteiger partial charge in [-0.3, -0.25) is 0 Å². The van der Waals surface area contributed by atoms with Crippen molar-refractivity contribution in [1.29, 1.82) is 0 Å². The fourth-order valence-electron chi connectivity index (χ4n) is 1.66. The van der Waals surface area contributed by atoms with Crippen molar-refractivity contribution in [3.63, 3.8) is 0 Å². The van der Waals surface area contributed by atoms with Crippen molar-refractivity contribution >= 4 is 11.3 Å². The first-order valence-corrected chi connectivity index (χ1v) is 4.91. The molecule has 2 heteroatoms. The Hall–Kier alpha value is -0.340. The Labute approximate surface area is 71.2 Å². The molecule has 1 aromatic heterocycles. The highest BCUT2D eigenvalue weighted by atomic mass is 32.1. The van der Waals surface area contributed by atoms with Gasteiger partial charge in [0.2, 0.25) is 0 Å². The number of hydrogen-bond acceptors (Lipinski definition) is 2. The van der Waals surface area contributed by atoms with Crippen LogP contribution in [0.2, 0.25) is 0 Å². The predicted molar refractivity (Wildman–Crippen MR) is 48.7 cm³/mol. The van der Waals surface area contributed by atoms with E-state index in [1.54, 1.807) is 11.3 Å². The summed E-state index contributed by atoms with van der Waals surface area (Å²) in [6, 6.07) is 0. The van der Waals surface area contributed by atoms with Crippen LogP contribution in [0.15, 0.2) is 10.8 Å². The van der Waals surface area contributed by atoms with Crippen LogP contribution >= 0.6 is 11.3 Å². The van der Waals surface area contributed by atoms with Crippen molar-refractivity contribution in [2.75, 3.05) is 0 Å². The summed E-state index contributed by atoms with van der Waals surface area (Å²) in [5.41, 5.74) is 8.93. The fourth-order valence-corrected chi connectivity index (χ4v) is 2.60. The van der Waals surface area contributed by atoms with Crippen LogP contribution in [0.5, 0.6) is 0 Å². The molecule has 11 heavy (non-hydrogen) atoms. The van der Waals surface area contributed by atoms with Gasteiger partial charge in [-0.05, 0) is 41.1 Å². The molecule has 1 aromatic rings. The number of aryl methyl sites for hydroxylation is 1. The van der Waals surface area contributed by atoms with Crippen LogP contribution in [0.4, 0.5) is 0 Å². The van der Waals surface area contributed by atoms with E-state index in [1.165, 1.54) is 11.1 Å². The van der Waals surface area contributed by atoms with Gasteiger partial charge in [-0.25, -0.2) is 0 Å². The van der Waals surface area contributed by atoms with Crippen molar-refractivity contribution in [2.45, 2.75) is 25.8 Å². The predicted octanol–water partition coefficient (Wildman–Crippen LogP) is 2.25. The van der Waals surface area contributed by atoms with Crippen LogP contribution in [-0.4, -0.2) is 0 Å². The molecular weight excluding hydrogens is 154 g/mol. The molecule has 1 heterocycles. The molecule has 2 N–H and O–H groups in total. The monoisotopic (exact) mass is 167 g/mol. The van der Waals surface area contributed by atoms with Gasteiger partial charge in [0.25, 0.3) is 0 Å². The number of rotatable bonds is 1. The molecule has 1 aliphatic carbocycles. The first kappa shape index (κ1) is 7.32. The number of hydrogen-bond donors (Lipinski definition) is 1. The molecule has 0 aromatic carbocycles. The molecule has 2 unspecified atom stereocenters. The zero-order valence-corrected chi connectivity index (χ0v) is 7.74. The lowest BCUT2D eigenvalue weighted by atomic mass is 10.0. The van der Waals surface area contributed by atoms with Crippen molar-refractivity contribution in [3.05, 3.63) is 21.9 Å². The molecule has 2 atom stereocenters. The highest BCUT2D eigenvalue weighted by Crippen LogP contribution is 2.50. The summed E-state index contributed by atoms with van der Waals surface area (Å²) >= 11 is 1.76. The van der Waals surface area contributed by atoms with E-state index in [4.69, 9.17) is 5.73 Å². The molecule has 1 fully saturated rings. The average molecular weight is 167 g/mol. The maximum absolute atomic E-state index is 6.16. The van der Waals surface area contributed by atoms with Gasteiger partial charge in [-0.1, -0.05) is 6.92 Å². The van der Waals surface area contributed by atoms with Crippen molar-refractivity contribution < 1.29 is 0 Å². The summed E-state index contributed by atoms with van der Waals surface area (Å²) in [5.74, 6) is 0.677. The van der Waals surface area contributed by atoms with E-state index < -0.39 is 0 Å². The van der Waals surface area contributed by atoms with Crippen LogP contribution in [-0.2, 0) is 5.54 Å². The quantitative estimate of drug-likeness (QED) is 0.682. The third-order valence-electron chi connectivity index (χ3n) is 2.72. The van der Waals surface area contributed by atoms with Crippen LogP contribution in [0.1, 0.15) is 24.5 Å². The molecule has 1 aliphatic rings. The van der Waals surface area contributed by atoms with E-state index >= 15 is 0 Å². The maximum Gasteiger partial charge on any atom is 0.0450 e. The van der Waals surface area contributed by atoms with Crippen molar-refractivity contribution in [2.24, 2.45) is 11.7 Å². The van der Waals surface area contributed by atoms with E-state index in [9.17, 15) is 0 Å². The van der Waals surface area contributed by atoms with Crippen molar-refractivity contribution in [1.82, 2.24) is 0 Å². The van der Waals surface area contributed by atoms with Crippen LogP contribution in [0, 0.1) is 12.8 Å². The van der Waals surface area contributed by atoms with Crippen molar-refractivity contribution in [3.8, 4) is 0 Å². The minimum Gasteiger partial charge on any atom is -0.321 e. The third-order valence-corrected chi connectivity index (χ3v) is 3.58. The lowest BCUT2D eigenvalue weighted by molar-refractivity contribution is 0.663. The van der Waals surface area contributed by atoms with E-state index in [2.05, 4.69) is 24.6 Å². The van der Waals surface area contributed by atoms with Gasteiger partial charge >= 0.3 is 0 Å². The maximum atomic E-state index is 6.16. The molecule has 1 saturated carbocycles. The van der Waals surface area contributed by atoms with Gasteiger partial charge in [0.05, 0.1) is 0 Å². The summed E-state index contributed by atoms with van der Waals surface area (Å²) in [7, 11) is 0. The molecular formula is C9H13NS. The second-order valence-corrected chi connectivity index (χ2v) is 4.36. The second-order valence-electron chi connectivity index (χ2n) is 3.61. The van der Waals surface area contributed by atoms with E-state index in [0.29, 0.717) is 5.92 Å². The summed E-state index contributed by atoms with van der Waals surface area (Å²) in [4.78, 5) is 0. The van der Waals surface area contributed by atoms with E-state index in [0.717, 1.165) is 6.42 Å². The van der Waals surface area contributed by atoms with Gasteiger partial charge in [-0.15, -0.1) is 0 Å². The van der Waals surface area contributed by atoms with Crippen LogP contribution < -0.4 is 5.73 Å². The minimum atomic E-state index is 0.0318. The Morgan fingerprint density at radius 1 is 1.64 bits per heavy atom. The molecule has 0 aliphatic heterocycles. The highest BCUT2D eigenvalue weighted by molar-refractivity contribution is 7.08. The molecule has 0 radical (unpaired) electrons. The van der Waals surface area contributed by atoms with E-state index in [-0.39, 0.29) is 5.54 Å². The Morgan fingerprint density at radius 2 is 2.27 bits per heavy atom. The average Bonchev–Trinajstić information content (AvgIpc) is 2.43. The lowest BCUT2D eigenvalue weighted by Crippen LogP contribution is -2.21. The Morgan fingerprint density at radius 3 is 2.64 bits per heavy atom. The molecule has 0 bridgehead atoms. The van der Waals surface area contributed by atoms with Gasteiger partial charge in [0, 0.05) is 5.54 Å². The largest absolute Gasteiger partial charge is 0.321 e. The first-order chi connectivity index (χ1) is 5.14. The fraction of sp³-hybridized carbons (Fsp3) is 0.556. The Bertz CT molecular complexity index is 279. The zero-order valence-electron chi connectivity index (χ0n) is 6.92. The summed E-state index contributed by atoms with van der Waals surface area (Å²) < 4.78 is 0. The summed E-state index contributed by atoms with van der Waals surface area (Å²) in [6.07, 6.45) is 1.16. The standard InChI is InChI=1S/C9H13NS/c1-6-4-11-5-8(6)9(10)3-7(9)2/h4-5,7H,3,10H2,1-2H3. The van der Waals surface area contributed by atoms with Crippen LogP contribution in [0.25, 0.3) is 0 Å². The SMILES string of the molecule is Cc1cscc1C1(N)CC1C. The Kier molecular flexibility index (Phi) is 1.38. The highest BCUT2D eigenvalue weighted by Gasteiger charge is 2.49. The van der Waals surface area contributed by atoms with Gasteiger partial charge in [0.1, 0.15) is 0 Å². The van der Waals surface area contributed by atoms with Crippen LogP contribution in [0.3, 0.4) is 0 Å². The smallest absolute Gasteiger partial charge is 0.0450 e. The van der Waals surface area contributed by atoms with Gasteiger partial charge in [0.15, 0.2) is 0 Å². The topological polar surface area (TPSA) is 26.0 Å². The summed E-state index contributed by atoms with van der Waals surface area (Å²) in [5, 5.41) is 4.37. The molecule has 0 amide bonds. The number of nitrogens with two attached hydrogens (primary N) is 1. The third kappa shape index (κ3) is 0.932. The first-order valence-electron chi connectivity index (χ1n) is 3.97. The van der Waals surface area contributed by atoms with Gasteiger partial charge in [-0.2, -0.15) is 11.3 Å². The lowest BCUT2D eigenvalue weighted by Gasteiger charge is -2.08. The molecule has 2 rings (SSSR count).